The quantitative estimate of drug-likeness (QED) is 0.853. The number of para-hydroxylation sites is 1. The summed E-state index contributed by atoms with van der Waals surface area (Å²) in [6, 6.07) is 10.5. The number of H-pyrrole nitrogens is 1. The lowest BCUT2D eigenvalue weighted by Gasteiger charge is -2.18. The van der Waals surface area contributed by atoms with Crippen molar-refractivity contribution in [2.75, 3.05) is 13.3 Å². The summed E-state index contributed by atoms with van der Waals surface area (Å²) in [4.78, 5) is 3.41. The van der Waals surface area contributed by atoms with Crippen LogP contribution in [0.15, 0.2) is 30.3 Å². The smallest absolute Gasteiger partial charge is 0.0653 e. The molecule has 0 radical (unpaired) electrons. The van der Waals surface area contributed by atoms with E-state index in [0.717, 1.165) is 6.42 Å². The molecule has 92 valence electrons. The van der Waals surface area contributed by atoms with Gasteiger partial charge in [-0.15, -0.1) is 0 Å². The Balaban J connectivity index is 2.10. The summed E-state index contributed by atoms with van der Waals surface area (Å²) in [5.74, 6) is 0. The molecule has 1 unspecified atom stereocenters. The molecular formula is C13H18NOPS. The molecule has 1 aromatic carbocycles. The second kappa shape index (κ2) is 4.93. The van der Waals surface area contributed by atoms with Crippen LogP contribution in [0, 0.1) is 0 Å². The average Bonchev–Trinajstić information content (AvgIpc) is 2.55. The zero-order valence-corrected chi connectivity index (χ0v) is 12.1. The summed E-state index contributed by atoms with van der Waals surface area (Å²) in [7, 11) is 0. The lowest BCUT2D eigenvalue weighted by atomic mass is 10.2. The predicted molar refractivity (Wildman–Crippen MR) is 78.7 cm³/mol. The van der Waals surface area contributed by atoms with Gasteiger partial charge in [-0.2, -0.15) is 0 Å². The van der Waals surface area contributed by atoms with Crippen LogP contribution in [0.2, 0.25) is 0 Å². The molecule has 0 aliphatic rings. The number of aromatic nitrogens is 1. The van der Waals surface area contributed by atoms with Crippen molar-refractivity contribution in [2.45, 2.75) is 19.4 Å². The van der Waals surface area contributed by atoms with Gasteiger partial charge in [-0.1, -0.05) is 30.0 Å². The summed E-state index contributed by atoms with van der Waals surface area (Å²) in [6.07, 6.45) is -0.520. The highest BCUT2D eigenvalue weighted by atomic mass is 32.4. The van der Waals surface area contributed by atoms with Gasteiger partial charge < -0.3 is 9.51 Å². The van der Waals surface area contributed by atoms with Crippen LogP contribution in [0.1, 0.15) is 12.6 Å². The topological polar surface area (TPSA) is 25.0 Å². The molecule has 2 aromatic rings. The summed E-state index contributed by atoms with van der Waals surface area (Å²) in [6.45, 7) is 6.12. The molecule has 17 heavy (non-hydrogen) atoms. The molecule has 0 amide bonds. The molecule has 1 atom stereocenters. The molecule has 0 fully saturated rings. The highest BCUT2D eigenvalue weighted by Crippen LogP contribution is 2.39. The van der Waals surface area contributed by atoms with Gasteiger partial charge in [0.05, 0.1) is 12.4 Å². The molecule has 2 nitrogen and oxygen atoms in total. The van der Waals surface area contributed by atoms with Gasteiger partial charge in [0.2, 0.25) is 0 Å². The molecule has 0 aliphatic heterocycles. The molecule has 0 saturated heterocycles. The van der Waals surface area contributed by atoms with Gasteiger partial charge in [0.25, 0.3) is 0 Å². The Bertz CT molecular complexity index is 524. The maximum absolute atomic E-state index is 5.84. The number of fused-ring (bicyclic) bond motifs is 1. The number of benzene rings is 1. The number of nitrogens with one attached hydrogen (secondary N) is 1. The van der Waals surface area contributed by atoms with Crippen molar-refractivity contribution in [2.24, 2.45) is 0 Å². The van der Waals surface area contributed by atoms with E-state index in [0.29, 0.717) is 0 Å². The summed E-state index contributed by atoms with van der Waals surface area (Å²) in [5.41, 5.74) is 2.39. The summed E-state index contributed by atoms with van der Waals surface area (Å²) >= 11 is 5.32. The van der Waals surface area contributed by atoms with Gasteiger partial charge in [0, 0.05) is 17.6 Å². The van der Waals surface area contributed by atoms with Gasteiger partial charge in [-0.25, -0.2) is 0 Å². The Morgan fingerprint density at radius 1 is 1.35 bits per heavy atom. The van der Waals surface area contributed by atoms with Crippen molar-refractivity contribution in [3.63, 3.8) is 0 Å². The van der Waals surface area contributed by atoms with Gasteiger partial charge in [0.15, 0.2) is 0 Å². The maximum atomic E-state index is 5.84. The van der Waals surface area contributed by atoms with Crippen LogP contribution in [0.3, 0.4) is 0 Å². The summed E-state index contributed by atoms with van der Waals surface area (Å²) < 4.78 is 5.84. The largest absolute Gasteiger partial charge is 0.358 e. The fraction of sp³-hybridized carbons (Fsp3) is 0.385. The Morgan fingerprint density at radius 2 is 2.06 bits per heavy atom. The first kappa shape index (κ1) is 12.8. The van der Waals surface area contributed by atoms with Crippen molar-refractivity contribution >= 4 is 29.0 Å². The van der Waals surface area contributed by atoms with E-state index >= 15 is 0 Å². The standard InChI is InChI=1S/C13H18NOPS/c1-10(15-16(2,3)17)8-12-9-11-6-4-5-7-13(11)14-12/h4-7,9-10,14H,8H2,1-3H3. The number of hydrogen-bond donors (Lipinski definition) is 1. The fourth-order valence-corrected chi connectivity index (χ4v) is 3.41. The Hall–Kier alpha value is -0.630. The summed E-state index contributed by atoms with van der Waals surface area (Å²) in [5, 5.41) is 1.25. The first-order chi connectivity index (χ1) is 7.94. The normalized spacial score (nSPS) is 14.1. The van der Waals surface area contributed by atoms with Crippen LogP contribution in [0.5, 0.6) is 0 Å². The third-order valence-electron chi connectivity index (χ3n) is 2.53. The minimum Gasteiger partial charge on any atom is -0.358 e. The van der Waals surface area contributed by atoms with E-state index in [2.05, 4.69) is 36.2 Å². The zero-order valence-electron chi connectivity index (χ0n) is 10.4. The third-order valence-corrected chi connectivity index (χ3v) is 3.65. The monoisotopic (exact) mass is 267 g/mol. The van der Waals surface area contributed by atoms with Crippen molar-refractivity contribution in [3.05, 3.63) is 36.0 Å². The van der Waals surface area contributed by atoms with E-state index in [1.165, 1.54) is 16.6 Å². The fourth-order valence-electron chi connectivity index (χ4n) is 2.02. The maximum Gasteiger partial charge on any atom is 0.0653 e. The molecule has 0 spiro atoms. The highest BCUT2D eigenvalue weighted by molar-refractivity contribution is 8.11. The molecule has 4 heteroatoms. The second-order valence-corrected chi connectivity index (χ2v) is 10.1. The molecule has 1 aromatic heterocycles. The second-order valence-electron chi connectivity index (χ2n) is 4.75. The van der Waals surface area contributed by atoms with Gasteiger partial charge in [0.1, 0.15) is 0 Å². The third kappa shape index (κ3) is 3.67. The van der Waals surface area contributed by atoms with E-state index < -0.39 is 6.26 Å². The first-order valence-electron chi connectivity index (χ1n) is 5.74. The van der Waals surface area contributed by atoms with Crippen molar-refractivity contribution in [1.82, 2.24) is 4.98 Å². The van der Waals surface area contributed by atoms with E-state index in [4.69, 9.17) is 16.3 Å². The van der Waals surface area contributed by atoms with Crippen molar-refractivity contribution < 1.29 is 4.52 Å². The molecule has 0 aliphatic carbocycles. The molecule has 0 saturated carbocycles. The zero-order chi connectivity index (χ0) is 12.5. The van der Waals surface area contributed by atoms with Crippen molar-refractivity contribution in [3.8, 4) is 0 Å². The first-order valence-corrected chi connectivity index (χ1v) is 9.35. The highest BCUT2D eigenvalue weighted by Gasteiger charge is 2.11. The van der Waals surface area contributed by atoms with E-state index in [-0.39, 0.29) is 6.10 Å². The van der Waals surface area contributed by atoms with E-state index in [1.807, 2.05) is 19.4 Å². The van der Waals surface area contributed by atoms with Crippen molar-refractivity contribution in [1.29, 1.82) is 0 Å². The van der Waals surface area contributed by atoms with Gasteiger partial charge in [-0.3, -0.25) is 0 Å². The lowest BCUT2D eigenvalue weighted by Crippen LogP contribution is -2.09. The lowest BCUT2D eigenvalue weighted by molar-refractivity contribution is 0.249. The molecule has 1 N–H and O–H groups in total. The van der Waals surface area contributed by atoms with Crippen LogP contribution < -0.4 is 0 Å². The molecule has 1 heterocycles. The average molecular weight is 267 g/mol. The van der Waals surface area contributed by atoms with Gasteiger partial charge >= 0.3 is 0 Å². The number of aromatic amines is 1. The predicted octanol–water partition coefficient (Wildman–Crippen LogP) is 3.77. The Labute approximate surface area is 107 Å². The number of hydrogen-bond acceptors (Lipinski definition) is 2. The number of rotatable bonds is 4. The van der Waals surface area contributed by atoms with E-state index in [9.17, 15) is 0 Å². The minimum atomic E-state index is -1.57. The van der Waals surface area contributed by atoms with Crippen LogP contribution in [0.4, 0.5) is 0 Å². The molecule has 2 rings (SSSR count). The van der Waals surface area contributed by atoms with Crippen LogP contribution in [-0.4, -0.2) is 24.4 Å². The Morgan fingerprint density at radius 3 is 2.71 bits per heavy atom. The Kier molecular flexibility index (Phi) is 3.72. The van der Waals surface area contributed by atoms with Crippen LogP contribution in [-0.2, 0) is 22.8 Å². The SMILES string of the molecule is CC(Cc1cc2ccccc2[nH]1)OP(C)(C)=S. The van der Waals surface area contributed by atoms with E-state index in [1.54, 1.807) is 0 Å². The van der Waals surface area contributed by atoms with Crippen LogP contribution >= 0.6 is 6.26 Å². The molecular weight excluding hydrogens is 249 g/mol. The van der Waals surface area contributed by atoms with Gasteiger partial charge in [-0.05, 0) is 37.8 Å². The molecule has 0 bridgehead atoms. The minimum absolute atomic E-state index is 0.170. The van der Waals surface area contributed by atoms with Crippen LogP contribution in [0.25, 0.3) is 10.9 Å².